The monoisotopic (exact) mass is 279 g/mol. The molecule has 0 spiro atoms. The van der Waals surface area contributed by atoms with E-state index >= 15 is 0 Å². The van der Waals surface area contributed by atoms with Gasteiger partial charge in [-0.2, -0.15) is 0 Å². The molecule has 0 atom stereocenters. The van der Waals surface area contributed by atoms with E-state index in [0.717, 1.165) is 28.1 Å². The number of amides is 1. The maximum atomic E-state index is 12.1. The maximum absolute atomic E-state index is 12.1. The molecule has 4 heteroatoms. The van der Waals surface area contributed by atoms with Crippen molar-refractivity contribution >= 4 is 17.3 Å². The normalized spacial score (nSPS) is 14.5. The Bertz CT molecular complexity index is 707. The van der Waals surface area contributed by atoms with Crippen LogP contribution >= 0.6 is 0 Å². The van der Waals surface area contributed by atoms with Crippen molar-refractivity contribution in [2.24, 2.45) is 10.7 Å². The van der Waals surface area contributed by atoms with Crippen LogP contribution in [0.5, 0.6) is 0 Å². The number of anilines is 1. The third-order valence-electron chi connectivity index (χ3n) is 3.71. The summed E-state index contributed by atoms with van der Waals surface area (Å²) in [5, 5.41) is 0. The van der Waals surface area contributed by atoms with Gasteiger partial charge in [-0.15, -0.1) is 0 Å². The number of likely N-dealkylation sites (N-methyl/N-ethyl adjacent to an activating group) is 1. The van der Waals surface area contributed by atoms with E-state index in [1.165, 1.54) is 0 Å². The van der Waals surface area contributed by atoms with Crippen LogP contribution < -0.4 is 10.6 Å². The molecule has 0 aromatic heterocycles. The number of nitrogens with zero attached hydrogens (tertiary/aromatic N) is 2. The van der Waals surface area contributed by atoms with Crippen LogP contribution in [-0.4, -0.2) is 25.2 Å². The van der Waals surface area contributed by atoms with Crippen molar-refractivity contribution in [1.29, 1.82) is 0 Å². The van der Waals surface area contributed by atoms with Crippen molar-refractivity contribution < 1.29 is 4.79 Å². The van der Waals surface area contributed by atoms with E-state index in [1.807, 2.05) is 48.5 Å². The molecule has 1 amide bonds. The van der Waals surface area contributed by atoms with Gasteiger partial charge in [0.15, 0.2) is 0 Å². The number of hydrogen-bond donors (Lipinski definition) is 1. The average Bonchev–Trinajstić information content (AvgIpc) is 2.66. The Hall–Kier alpha value is -2.46. The molecule has 0 saturated carbocycles. The fraction of sp³-hybridized carbons (Fsp3) is 0.176. The van der Waals surface area contributed by atoms with Gasteiger partial charge in [0.25, 0.3) is 0 Å². The molecular weight excluding hydrogens is 262 g/mol. The first kappa shape index (κ1) is 13.5. The van der Waals surface area contributed by atoms with E-state index in [-0.39, 0.29) is 12.5 Å². The molecule has 3 rings (SSSR count). The minimum absolute atomic E-state index is 0.0114. The lowest BCUT2D eigenvalue weighted by molar-refractivity contribution is -0.116. The number of rotatable bonds is 2. The maximum Gasteiger partial charge on any atom is 0.248 e. The number of fused-ring (bicyclic) bond motifs is 1. The van der Waals surface area contributed by atoms with Gasteiger partial charge in [0.2, 0.25) is 5.91 Å². The molecule has 4 nitrogen and oxygen atoms in total. The molecule has 0 radical (unpaired) electrons. The second-order valence-electron chi connectivity index (χ2n) is 5.04. The third kappa shape index (κ3) is 2.45. The zero-order valence-electron chi connectivity index (χ0n) is 11.9. The minimum atomic E-state index is -0.0114. The van der Waals surface area contributed by atoms with Crippen LogP contribution in [0.3, 0.4) is 0 Å². The molecule has 2 aromatic rings. The predicted octanol–water partition coefficient (Wildman–Crippen LogP) is 1.96. The fourth-order valence-corrected chi connectivity index (χ4v) is 2.51. The second-order valence-corrected chi connectivity index (χ2v) is 5.04. The lowest BCUT2D eigenvalue weighted by Crippen LogP contribution is -2.27. The Morgan fingerprint density at radius 2 is 1.95 bits per heavy atom. The van der Waals surface area contributed by atoms with Gasteiger partial charge < -0.3 is 10.6 Å². The van der Waals surface area contributed by atoms with Gasteiger partial charge in [-0.1, -0.05) is 36.4 Å². The average molecular weight is 279 g/mol. The highest BCUT2D eigenvalue weighted by Crippen LogP contribution is 2.27. The van der Waals surface area contributed by atoms with Gasteiger partial charge in [-0.3, -0.25) is 9.79 Å². The number of benzene rings is 2. The number of carbonyl (C=O) groups excluding carboxylic acids is 1. The van der Waals surface area contributed by atoms with Crippen molar-refractivity contribution in [3.8, 4) is 0 Å². The van der Waals surface area contributed by atoms with Gasteiger partial charge in [-0.25, -0.2) is 0 Å². The Morgan fingerprint density at radius 1 is 1.19 bits per heavy atom. The third-order valence-corrected chi connectivity index (χ3v) is 3.71. The number of carbonyl (C=O) groups is 1. The van der Waals surface area contributed by atoms with E-state index in [9.17, 15) is 4.79 Å². The lowest BCUT2D eigenvalue weighted by atomic mass is 9.98. The summed E-state index contributed by atoms with van der Waals surface area (Å²) in [6, 6.07) is 15.9. The van der Waals surface area contributed by atoms with E-state index in [2.05, 4.69) is 4.99 Å². The van der Waals surface area contributed by atoms with Crippen LogP contribution in [0.25, 0.3) is 0 Å². The van der Waals surface area contributed by atoms with Crippen molar-refractivity contribution in [2.75, 3.05) is 18.5 Å². The van der Waals surface area contributed by atoms with Gasteiger partial charge >= 0.3 is 0 Å². The summed E-state index contributed by atoms with van der Waals surface area (Å²) in [7, 11) is 1.78. The quantitative estimate of drug-likeness (QED) is 0.913. The summed E-state index contributed by atoms with van der Waals surface area (Å²) in [5.74, 6) is -0.0114. The number of aliphatic imine (C=N–C) groups is 1. The van der Waals surface area contributed by atoms with Gasteiger partial charge in [0.1, 0.15) is 6.54 Å². The summed E-state index contributed by atoms with van der Waals surface area (Å²) in [6.45, 7) is 0.625. The van der Waals surface area contributed by atoms with Crippen LogP contribution in [0, 0.1) is 0 Å². The first-order valence-corrected chi connectivity index (χ1v) is 6.90. The van der Waals surface area contributed by atoms with Gasteiger partial charge in [0.05, 0.1) is 11.4 Å². The molecule has 1 heterocycles. The summed E-state index contributed by atoms with van der Waals surface area (Å²) >= 11 is 0. The van der Waals surface area contributed by atoms with E-state index < -0.39 is 0 Å². The molecule has 0 unspecified atom stereocenters. The largest absolute Gasteiger partial charge is 0.326 e. The highest BCUT2D eigenvalue weighted by atomic mass is 16.2. The molecule has 1 aliphatic heterocycles. The van der Waals surface area contributed by atoms with Crippen LogP contribution in [0.1, 0.15) is 16.7 Å². The molecule has 2 N–H and O–H groups in total. The first-order valence-electron chi connectivity index (χ1n) is 6.90. The van der Waals surface area contributed by atoms with Crippen molar-refractivity contribution in [1.82, 2.24) is 0 Å². The van der Waals surface area contributed by atoms with Crippen molar-refractivity contribution in [3.63, 3.8) is 0 Å². The molecule has 1 aliphatic rings. The molecule has 0 bridgehead atoms. The molecular formula is C17H17N3O. The number of nitrogens with two attached hydrogens (primary N) is 1. The molecule has 2 aromatic carbocycles. The Labute approximate surface area is 123 Å². The van der Waals surface area contributed by atoms with E-state index in [1.54, 1.807) is 11.9 Å². The Balaban J connectivity index is 2.22. The number of hydrogen-bond acceptors (Lipinski definition) is 3. The number of benzodiazepines with no additional fused rings is 1. The Kier molecular flexibility index (Phi) is 3.54. The summed E-state index contributed by atoms with van der Waals surface area (Å²) < 4.78 is 0. The zero-order valence-corrected chi connectivity index (χ0v) is 11.9. The van der Waals surface area contributed by atoms with Gasteiger partial charge in [0, 0.05) is 24.7 Å². The predicted molar refractivity (Wildman–Crippen MR) is 84.7 cm³/mol. The first-order chi connectivity index (χ1) is 10.2. The standard InChI is InChI=1S/C17H17N3O/c1-20-15-8-7-12(10-18)9-14(15)17(19-11-16(20)21)13-5-3-2-4-6-13/h2-9H,10-11,18H2,1H3. The van der Waals surface area contributed by atoms with Crippen molar-refractivity contribution in [2.45, 2.75) is 6.54 Å². The molecule has 106 valence electrons. The summed E-state index contributed by atoms with van der Waals surface area (Å²) in [6.07, 6.45) is 0. The smallest absolute Gasteiger partial charge is 0.248 e. The van der Waals surface area contributed by atoms with Crippen LogP contribution in [0.4, 0.5) is 5.69 Å². The SMILES string of the molecule is CN1C(=O)CN=C(c2ccccc2)c2cc(CN)ccc21. The van der Waals surface area contributed by atoms with E-state index in [0.29, 0.717) is 6.54 Å². The van der Waals surface area contributed by atoms with Crippen LogP contribution in [-0.2, 0) is 11.3 Å². The molecule has 0 saturated heterocycles. The topological polar surface area (TPSA) is 58.7 Å². The van der Waals surface area contributed by atoms with Gasteiger partial charge in [-0.05, 0) is 17.7 Å². The fourth-order valence-electron chi connectivity index (χ4n) is 2.51. The highest BCUT2D eigenvalue weighted by molar-refractivity contribution is 6.19. The Morgan fingerprint density at radius 3 is 2.67 bits per heavy atom. The zero-order chi connectivity index (χ0) is 14.8. The lowest BCUT2D eigenvalue weighted by Gasteiger charge is -2.18. The van der Waals surface area contributed by atoms with Crippen LogP contribution in [0.2, 0.25) is 0 Å². The molecule has 0 aliphatic carbocycles. The van der Waals surface area contributed by atoms with Crippen molar-refractivity contribution in [3.05, 3.63) is 65.2 Å². The summed E-state index contributed by atoms with van der Waals surface area (Å²) in [5.41, 5.74) is 10.5. The van der Waals surface area contributed by atoms with Crippen LogP contribution in [0.15, 0.2) is 53.5 Å². The molecule has 0 fully saturated rings. The highest BCUT2D eigenvalue weighted by Gasteiger charge is 2.22. The minimum Gasteiger partial charge on any atom is -0.326 e. The summed E-state index contributed by atoms with van der Waals surface area (Å²) in [4.78, 5) is 18.3. The van der Waals surface area contributed by atoms with E-state index in [4.69, 9.17) is 5.73 Å². The molecule has 21 heavy (non-hydrogen) atoms. The second kappa shape index (κ2) is 5.50.